The van der Waals surface area contributed by atoms with E-state index in [-0.39, 0.29) is 6.09 Å². The van der Waals surface area contributed by atoms with Gasteiger partial charge in [-0.15, -0.1) is 0 Å². The first-order valence-electron chi connectivity index (χ1n) is 4.13. The summed E-state index contributed by atoms with van der Waals surface area (Å²) in [5.74, 6) is 0.634. The van der Waals surface area contributed by atoms with Crippen LogP contribution in [0.15, 0.2) is 12.4 Å². The second-order valence-electron chi connectivity index (χ2n) is 3.82. The van der Waals surface area contributed by atoms with Gasteiger partial charge in [0.05, 0.1) is 0 Å². The van der Waals surface area contributed by atoms with Crippen LogP contribution in [0, 0.1) is 6.92 Å². The topological polar surface area (TPSA) is 44.1 Å². The second-order valence-corrected chi connectivity index (χ2v) is 3.82. The van der Waals surface area contributed by atoms with Gasteiger partial charge in [0.25, 0.3) is 0 Å². The third-order valence-corrected chi connectivity index (χ3v) is 1.42. The number of nitrogens with zero attached hydrogens (tertiary/aromatic N) is 2. The Balaban J connectivity index is 2.76. The molecule has 0 unspecified atom stereocenters. The van der Waals surface area contributed by atoms with E-state index in [9.17, 15) is 4.79 Å². The Morgan fingerprint density at radius 2 is 2.15 bits per heavy atom. The van der Waals surface area contributed by atoms with Crippen LogP contribution in [0.25, 0.3) is 0 Å². The molecule has 1 heterocycles. The standard InChI is InChI=1S/C9H14N2O2/c1-7-10-5-6-11(7)8(12)13-9(2,3)4/h5-6H,1-4H3. The summed E-state index contributed by atoms with van der Waals surface area (Å²) >= 11 is 0. The molecule has 0 fully saturated rings. The molecule has 0 aliphatic carbocycles. The van der Waals surface area contributed by atoms with Crippen LogP contribution < -0.4 is 0 Å². The smallest absolute Gasteiger partial charge is 0.419 e. The van der Waals surface area contributed by atoms with Crippen molar-refractivity contribution in [2.45, 2.75) is 33.3 Å². The Morgan fingerprint density at radius 1 is 1.54 bits per heavy atom. The lowest BCUT2D eigenvalue weighted by Gasteiger charge is -2.19. The summed E-state index contributed by atoms with van der Waals surface area (Å²) in [6.45, 7) is 7.25. The molecule has 72 valence electrons. The van der Waals surface area contributed by atoms with Crippen molar-refractivity contribution in [1.82, 2.24) is 9.55 Å². The minimum atomic E-state index is -0.464. The van der Waals surface area contributed by atoms with E-state index in [1.807, 2.05) is 20.8 Å². The van der Waals surface area contributed by atoms with Crippen molar-refractivity contribution in [1.29, 1.82) is 0 Å². The monoisotopic (exact) mass is 182 g/mol. The molecule has 13 heavy (non-hydrogen) atoms. The lowest BCUT2D eigenvalue weighted by Crippen LogP contribution is -2.27. The quantitative estimate of drug-likeness (QED) is 0.616. The SMILES string of the molecule is Cc1nccn1C(=O)OC(C)(C)C. The van der Waals surface area contributed by atoms with Gasteiger partial charge in [0, 0.05) is 12.4 Å². The first-order valence-corrected chi connectivity index (χ1v) is 4.13. The molecule has 0 aliphatic rings. The van der Waals surface area contributed by atoms with Gasteiger partial charge in [-0.25, -0.2) is 14.3 Å². The minimum absolute atomic E-state index is 0.387. The maximum atomic E-state index is 11.4. The Bertz CT molecular complexity index is 310. The summed E-state index contributed by atoms with van der Waals surface area (Å²) in [5.41, 5.74) is -0.464. The molecular weight excluding hydrogens is 168 g/mol. The predicted octanol–water partition coefficient (Wildman–Crippen LogP) is 1.97. The largest absolute Gasteiger partial charge is 0.443 e. The molecule has 0 radical (unpaired) electrons. The van der Waals surface area contributed by atoms with Crippen LogP contribution in [0.5, 0.6) is 0 Å². The van der Waals surface area contributed by atoms with Crippen molar-refractivity contribution < 1.29 is 9.53 Å². The fourth-order valence-corrected chi connectivity index (χ4v) is 0.882. The molecule has 0 aromatic carbocycles. The van der Waals surface area contributed by atoms with E-state index in [0.717, 1.165) is 0 Å². The highest BCUT2D eigenvalue weighted by Gasteiger charge is 2.18. The molecule has 0 N–H and O–H groups in total. The van der Waals surface area contributed by atoms with Crippen molar-refractivity contribution >= 4 is 6.09 Å². The van der Waals surface area contributed by atoms with Crippen LogP contribution in [0.1, 0.15) is 26.6 Å². The number of carbonyl (C=O) groups excluding carboxylic acids is 1. The molecule has 1 rings (SSSR count). The highest BCUT2D eigenvalue weighted by molar-refractivity contribution is 5.71. The van der Waals surface area contributed by atoms with Crippen LogP contribution in [-0.2, 0) is 4.74 Å². The van der Waals surface area contributed by atoms with Crippen molar-refractivity contribution in [2.75, 3.05) is 0 Å². The Labute approximate surface area is 77.5 Å². The summed E-state index contributed by atoms with van der Waals surface area (Å²) < 4.78 is 6.53. The fourth-order valence-electron chi connectivity index (χ4n) is 0.882. The van der Waals surface area contributed by atoms with E-state index in [1.165, 1.54) is 4.57 Å². The van der Waals surface area contributed by atoms with Crippen LogP contribution in [0.3, 0.4) is 0 Å². The van der Waals surface area contributed by atoms with Crippen LogP contribution in [0.2, 0.25) is 0 Å². The van der Waals surface area contributed by atoms with Crippen molar-refractivity contribution in [3.05, 3.63) is 18.2 Å². The highest BCUT2D eigenvalue weighted by Crippen LogP contribution is 2.09. The summed E-state index contributed by atoms with van der Waals surface area (Å²) in [6, 6.07) is 0. The third-order valence-electron chi connectivity index (χ3n) is 1.42. The number of ether oxygens (including phenoxy) is 1. The minimum Gasteiger partial charge on any atom is -0.443 e. The zero-order valence-corrected chi connectivity index (χ0v) is 8.37. The normalized spacial score (nSPS) is 11.4. The lowest BCUT2D eigenvalue weighted by atomic mass is 10.2. The number of rotatable bonds is 0. The summed E-state index contributed by atoms with van der Waals surface area (Å²) in [7, 11) is 0. The number of carbonyl (C=O) groups is 1. The van der Waals surface area contributed by atoms with Gasteiger partial charge in [-0.3, -0.25) is 0 Å². The summed E-state index contributed by atoms with van der Waals surface area (Å²) in [6.07, 6.45) is 2.77. The average Bonchev–Trinajstić information content (AvgIpc) is 2.30. The van der Waals surface area contributed by atoms with Gasteiger partial charge in [0.2, 0.25) is 0 Å². The lowest BCUT2D eigenvalue weighted by molar-refractivity contribution is 0.0533. The molecule has 4 nitrogen and oxygen atoms in total. The average molecular weight is 182 g/mol. The van der Waals surface area contributed by atoms with Gasteiger partial charge in [-0.1, -0.05) is 0 Å². The first-order chi connectivity index (χ1) is 5.90. The first kappa shape index (κ1) is 9.77. The second kappa shape index (κ2) is 3.20. The van der Waals surface area contributed by atoms with E-state index in [4.69, 9.17) is 4.74 Å². The third kappa shape index (κ3) is 2.57. The van der Waals surface area contributed by atoms with Gasteiger partial charge < -0.3 is 4.74 Å². The predicted molar refractivity (Wildman–Crippen MR) is 48.6 cm³/mol. The fraction of sp³-hybridized carbons (Fsp3) is 0.556. The Morgan fingerprint density at radius 3 is 2.54 bits per heavy atom. The number of aryl methyl sites for hydroxylation is 1. The number of imidazole rings is 1. The Kier molecular flexibility index (Phi) is 2.40. The van der Waals surface area contributed by atoms with Gasteiger partial charge in [0.15, 0.2) is 0 Å². The van der Waals surface area contributed by atoms with E-state index >= 15 is 0 Å². The van der Waals surface area contributed by atoms with E-state index in [0.29, 0.717) is 5.82 Å². The summed E-state index contributed by atoms with van der Waals surface area (Å²) in [4.78, 5) is 15.4. The zero-order valence-electron chi connectivity index (χ0n) is 8.37. The molecular formula is C9H14N2O2. The summed E-state index contributed by atoms with van der Waals surface area (Å²) in [5, 5.41) is 0. The van der Waals surface area contributed by atoms with Gasteiger partial charge in [-0.2, -0.15) is 0 Å². The van der Waals surface area contributed by atoms with Crippen LogP contribution in [0.4, 0.5) is 4.79 Å². The van der Waals surface area contributed by atoms with E-state index in [1.54, 1.807) is 19.3 Å². The molecule has 0 atom stereocenters. The Hall–Kier alpha value is -1.32. The molecule has 0 bridgehead atoms. The number of hydrogen-bond acceptors (Lipinski definition) is 3. The van der Waals surface area contributed by atoms with E-state index < -0.39 is 5.60 Å². The molecule has 0 aliphatic heterocycles. The molecule has 0 saturated carbocycles. The molecule has 1 aromatic rings. The molecule has 0 saturated heterocycles. The number of hydrogen-bond donors (Lipinski definition) is 0. The van der Waals surface area contributed by atoms with Gasteiger partial charge in [0.1, 0.15) is 11.4 Å². The van der Waals surface area contributed by atoms with Crippen LogP contribution >= 0.6 is 0 Å². The maximum Gasteiger partial charge on any atom is 0.419 e. The van der Waals surface area contributed by atoms with Crippen molar-refractivity contribution in [3.8, 4) is 0 Å². The van der Waals surface area contributed by atoms with Crippen molar-refractivity contribution in [2.24, 2.45) is 0 Å². The van der Waals surface area contributed by atoms with Gasteiger partial charge >= 0.3 is 6.09 Å². The molecule has 4 heteroatoms. The van der Waals surface area contributed by atoms with Gasteiger partial charge in [-0.05, 0) is 27.7 Å². The van der Waals surface area contributed by atoms with E-state index in [2.05, 4.69) is 4.98 Å². The van der Waals surface area contributed by atoms with Crippen LogP contribution in [-0.4, -0.2) is 21.2 Å². The zero-order chi connectivity index (χ0) is 10.1. The highest BCUT2D eigenvalue weighted by atomic mass is 16.6. The molecule has 0 spiro atoms. The molecule has 1 aromatic heterocycles. The molecule has 0 amide bonds. The maximum absolute atomic E-state index is 11.4. The van der Waals surface area contributed by atoms with Crippen molar-refractivity contribution in [3.63, 3.8) is 0 Å². The number of aromatic nitrogens is 2.